The molecule has 0 bridgehead atoms. The van der Waals surface area contributed by atoms with Crippen LogP contribution in [-0.4, -0.2) is 38.1 Å². The second-order valence-electron chi connectivity index (χ2n) is 4.56. The molecule has 0 aliphatic carbocycles. The number of ether oxygens (including phenoxy) is 1. The lowest BCUT2D eigenvalue weighted by molar-refractivity contribution is 0.386. The lowest BCUT2D eigenvalue weighted by atomic mass is 10.2. The molecule has 1 aliphatic rings. The molecule has 4 nitrogen and oxygen atoms in total. The van der Waals surface area contributed by atoms with Crippen molar-refractivity contribution in [3.05, 3.63) is 29.6 Å². The molecule has 0 unspecified atom stereocenters. The predicted molar refractivity (Wildman–Crippen MR) is 89.4 cm³/mol. The highest BCUT2D eigenvalue weighted by atomic mass is 127. The van der Waals surface area contributed by atoms with Crippen molar-refractivity contribution in [3.8, 4) is 5.75 Å². The summed E-state index contributed by atoms with van der Waals surface area (Å²) < 4.78 is 18.5. The van der Waals surface area contributed by atoms with Crippen molar-refractivity contribution < 1.29 is 9.13 Å². The fourth-order valence-corrected chi connectivity index (χ4v) is 2.26. The van der Waals surface area contributed by atoms with Crippen molar-refractivity contribution in [3.63, 3.8) is 0 Å². The predicted octanol–water partition coefficient (Wildman–Crippen LogP) is 2.62. The second-order valence-corrected chi connectivity index (χ2v) is 4.56. The van der Waals surface area contributed by atoms with Gasteiger partial charge >= 0.3 is 0 Å². The Hall–Kier alpha value is -1.05. The first-order valence-electron chi connectivity index (χ1n) is 6.52. The molecule has 1 aromatic carbocycles. The molecule has 0 saturated carbocycles. The first-order chi connectivity index (χ1) is 9.24. The molecule has 20 heavy (non-hydrogen) atoms. The lowest BCUT2D eigenvalue weighted by Gasteiger charge is -2.20. The standard InChI is InChI=1S/C14H20FN3O.HI/c1-16-14(18-7-3-4-8-18)17-10-11-5-6-13(19-2)12(15)9-11;/h5-6,9H,3-4,7-8,10H2,1-2H3,(H,16,17);1H. The Balaban J connectivity index is 0.00000200. The highest BCUT2D eigenvalue weighted by molar-refractivity contribution is 14.0. The maximum absolute atomic E-state index is 13.6. The van der Waals surface area contributed by atoms with Crippen LogP contribution in [0.3, 0.4) is 0 Å². The number of hydrogen-bond acceptors (Lipinski definition) is 2. The molecule has 0 spiro atoms. The van der Waals surface area contributed by atoms with Gasteiger partial charge in [0.2, 0.25) is 0 Å². The van der Waals surface area contributed by atoms with Crippen molar-refractivity contribution in [2.24, 2.45) is 4.99 Å². The summed E-state index contributed by atoms with van der Waals surface area (Å²) in [7, 11) is 3.24. The lowest BCUT2D eigenvalue weighted by Crippen LogP contribution is -2.39. The third-order valence-corrected chi connectivity index (χ3v) is 3.28. The van der Waals surface area contributed by atoms with E-state index in [0.717, 1.165) is 24.6 Å². The number of benzene rings is 1. The summed E-state index contributed by atoms with van der Waals surface area (Å²) in [5.74, 6) is 0.819. The molecule has 1 saturated heterocycles. The normalized spacial score (nSPS) is 14.9. The monoisotopic (exact) mass is 393 g/mol. The molecule has 0 amide bonds. The molecule has 1 aromatic rings. The quantitative estimate of drug-likeness (QED) is 0.488. The Morgan fingerprint density at radius 2 is 2.10 bits per heavy atom. The van der Waals surface area contributed by atoms with Crippen LogP contribution in [0.1, 0.15) is 18.4 Å². The van der Waals surface area contributed by atoms with Gasteiger partial charge in [0.05, 0.1) is 7.11 Å². The minimum absolute atomic E-state index is 0. The minimum Gasteiger partial charge on any atom is -0.494 e. The van der Waals surface area contributed by atoms with E-state index in [1.165, 1.54) is 26.0 Å². The summed E-state index contributed by atoms with van der Waals surface area (Å²) in [4.78, 5) is 6.48. The zero-order chi connectivity index (χ0) is 13.7. The van der Waals surface area contributed by atoms with Crippen LogP contribution < -0.4 is 10.1 Å². The third-order valence-electron chi connectivity index (χ3n) is 3.28. The third kappa shape index (κ3) is 4.22. The summed E-state index contributed by atoms with van der Waals surface area (Å²) in [6.45, 7) is 2.64. The van der Waals surface area contributed by atoms with E-state index >= 15 is 0 Å². The van der Waals surface area contributed by atoms with Crippen LogP contribution in [0.5, 0.6) is 5.75 Å². The molecule has 6 heteroatoms. The molecule has 0 aromatic heterocycles. The maximum Gasteiger partial charge on any atom is 0.193 e. The Morgan fingerprint density at radius 1 is 1.40 bits per heavy atom. The number of halogens is 2. The summed E-state index contributed by atoms with van der Waals surface area (Å²) in [6.07, 6.45) is 2.41. The van der Waals surface area contributed by atoms with Crippen LogP contribution in [0, 0.1) is 5.82 Å². The molecule has 0 atom stereocenters. The number of likely N-dealkylation sites (tertiary alicyclic amines) is 1. The van der Waals surface area contributed by atoms with Crippen molar-refractivity contribution in [1.82, 2.24) is 10.2 Å². The van der Waals surface area contributed by atoms with Crippen LogP contribution in [0.4, 0.5) is 4.39 Å². The summed E-state index contributed by atoms with van der Waals surface area (Å²) >= 11 is 0. The first kappa shape index (κ1) is 17.0. The average molecular weight is 393 g/mol. The van der Waals surface area contributed by atoms with E-state index in [9.17, 15) is 4.39 Å². The summed E-state index contributed by atoms with van der Waals surface area (Å²) in [6, 6.07) is 4.99. The van der Waals surface area contributed by atoms with E-state index in [0.29, 0.717) is 6.54 Å². The van der Waals surface area contributed by atoms with E-state index in [1.807, 2.05) is 6.07 Å². The molecular formula is C14H21FIN3O. The van der Waals surface area contributed by atoms with Gasteiger partial charge in [-0.15, -0.1) is 24.0 Å². The molecular weight excluding hydrogens is 372 g/mol. The van der Waals surface area contributed by atoms with Gasteiger partial charge in [0.25, 0.3) is 0 Å². The molecule has 112 valence electrons. The number of aliphatic imine (C=N–C) groups is 1. The minimum atomic E-state index is -0.335. The Bertz CT molecular complexity index is 462. The Kier molecular flexibility index (Phi) is 7.04. The number of rotatable bonds is 3. The number of guanidine groups is 1. The highest BCUT2D eigenvalue weighted by Gasteiger charge is 2.15. The van der Waals surface area contributed by atoms with E-state index in [-0.39, 0.29) is 35.5 Å². The first-order valence-corrected chi connectivity index (χ1v) is 6.52. The average Bonchev–Trinajstić information content (AvgIpc) is 2.94. The van der Waals surface area contributed by atoms with Crippen LogP contribution in [0.2, 0.25) is 0 Å². The van der Waals surface area contributed by atoms with Gasteiger partial charge in [-0.3, -0.25) is 4.99 Å². The zero-order valence-electron chi connectivity index (χ0n) is 11.9. The second kappa shape index (κ2) is 8.28. The van der Waals surface area contributed by atoms with E-state index in [1.54, 1.807) is 13.1 Å². The fraction of sp³-hybridized carbons (Fsp3) is 0.500. The van der Waals surface area contributed by atoms with Crippen LogP contribution in [0.25, 0.3) is 0 Å². The topological polar surface area (TPSA) is 36.9 Å². The van der Waals surface area contributed by atoms with E-state index < -0.39 is 0 Å². The van der Waals surface area contributed by atoms with E-state index in [4.69, 9.17) is 4.74 Å². The Labute approximate surface area is 136 Å². The van der Waals surface area contributed by atoms with Gasteiger partial charge in [-0.1, -0.05) is 6.07 Å². The van der Waals surface area contributed by atoms with Crippen LogP contribution in [0.15, 0.2) is 23.2 Å². The number of nitrogens with one attached hydrogen (secondary N) is 1. The zero-order valence-corrected chi connectivity index (χ0v) is 14.2. The fourth-order valence-electron chi connectivity index (χ4n) is 2.26. The van der Waals surface area contributed by atoms with Gasteiger partial charge in [0.1, 0.15) is 0 Å². The molecule has 1 heterocycles. The number of nitrogens with zero attached hydrogens (tertiary/aromatic N) is 2. The van der Waals surface area contributed by atoms with Crippen molar-refractivity contribution in [2.45, 2.75) is 19.4 Å². The summed E-state index contributed by atoms with van der Waals surface area (Å²) in [5.41, 5.74) is 0.874. The molecule has 2 rings (SSSR count). The largest absolute Gasteiger partial charge is 0.494 e. The van der Waals surface area contributed by atoms with Gasteiger partial charge in [0.15, 0.2) is 17.5 Å². The van der Waals surface area contributed by atoms with Crippen molar-refractivity contribution >= 4 is 29.9 Å². The number of methoxy groups -OCH3 is 1. The molecule has 1 fully saturated rings. The smallest absolute Gasteiger partial charge is 0.193 e. The molecule has 1 aliphatic heterocycles. The van der Waals surface area contributed by atoms with Gasteiger partial charge in [-0.25, -0.2) is 4.39 Å². The van der Waals surface area contributed by atoms with Gasteiger partial charge < -0.3 is 15.0 Å². The highest BCUT2D eigenvalue weighted by Crippen LogP contribution is 2.17. The van der Waals surface area contributed by atoms with Crippen molar-refractivity contribution in [2.75, 3.05) is 27.2 Å². The Morgan fingerprint density at radius 3 is 2.65 bits per heavy atom. The van der Waals surface area contributed by atoms with E-state index in [2.05, 4.69) is 15.2 Å². The summed E-state index contributed by atoms with van der Waals surface area (Å²) in [5, 5.41) is 3.26. The SMILES string of the molecule is CN=C(NCc1ccc(OC)c(F)c1)N1CCCC1.I. The van der Waals surface area contributed by atoms with Crippen LogP contribution >= 0.6 is 24.0 Å². The molecule has 0 radical (unpaired) electrons. The number of hydrogen-bond donors (Lipinski definition) is 1. The van der Waals surface area contributed by atoms with Crippen LogP contribution in [-0.2, 0) is 6.54 Å². The molecule has 1 N–H and O–H groups in total. The van der Waals surface area contributed by atoms with Gasteiger partial charge in [0, 0.05) is 26.7 Å². The maximum atomic E-state index is 13.6. The van der Waals surface area contributed by atoms with Gasteiger partial charge in [-0.2, -0.15) is 0 Å². The van der Waals surface area contributed by atoms with Crippen molar-refractivity contribution in [1.29, 1.82) is 0 Å². The van der Waals surface area contributed by atoms with Gasteiger partial charge in [-0.05, 0) is 30.5 Å².